The van der Waals surface area contributed by atoms with Gasteiger partial charge in [-0.1, -0.05) is 53.5 Å². The summed E-state index contributed by atoms with van der Waals surface area (Å²) < 4.78 is 1.68. The first-order valence-corrected chi connectivity index (χ1v) is 13.3. The van der Waals surface area contributed by atoms with Crippen molar-refractivity contribution in [2.75, 3.05) is 19.6 Å². The average Bonchev–Trinajstić information content (AvgIpc) is 3.46. The molecule has 2 fully saturated rings. The van der Waals surface area contributed by atoms with Crippen molar-refractivity contribution in [3.05, 3.63) is 112 Å². The summed E-state index contributed by atoms with van der Waals surface area (Å²) in [5, 5.41) is 5.69. The minimum Gasteiger partial charge on any atom is -0.339 e. The molecule has 37 heavy (non-hydrogen) atoms. The molecule has 3 aromatic carbocycles. The van der Waals surface area contributed by atoms with Crippen molar-refractivity contribution in [2.24, 2.45) is 5.41 Å². The monoisotopic (exact) mass is 531 g/mol. The lowest BCUT2D eigenvalue weighted by atomic mass is 9.63. The minimum atomic E-state index is 0.0790. The van der Waals surface area contributed by atoms with E-state index in [1.165, 1.54) is 11.9 Å². The van der Waals surface area contributed by atoms with Gasteiger partial charge in [0.1, 0.15) is 12.7 Å². The Hall–Kier alpha value is -3.19. The van der Waals surface area contributed by atoms with Crippen molar-refractivity contribution < 1.29 is 4.79 Å². The fourth-order valence-corrected chi connectivity index (χ4v) is 6.25. The molecule has 1 aromatic heterocycles. The number of amides is 1. The van der Waals surface area contributed by atoms with Crippen molar-refractivity contribution in [3.63, 3.8) is 0 Å². The third-order valence-electron chi connectivity index (χ3n) is 7.82. The molecule has 6 nitrogen and oxygen atoms in total. The molecule has 1 atom stereocenters. The SMILES string of the molecule is O=C(c1ccc(-n2cncn2)cc1)N1CCC2(CC1)CN(Cc1ccccc1Cl)C2c1ccc(Cl)cc1. The van der Waals surface area contributed by atoms with Crippen LogP contribution in [0.5, 0.6) is 0 Å². The molecule has 1 amide bonds. The Morgan fingerprint density at radius 3 is 2.35 bits per heavy atom. The van der Waals surface area contributed by atoms with Gasteiger partial charge in [0.25, 0.3) is 5.91 Å². The molecule has 2 saturated heterocycles. The molecule has 2 aliphatic heterocycles. The Morgan fingerprint density at radius 2 is 1.68 bits per heavy atom. The van der Waals surface area contributed by atoms with E-state index in [4.69, 9.17) is 23.2 Å². The molecule has 1 spiro atoms. The van der Waals surface area contributed by atoms with Gasteiger partial charge >= 0.3 is 0 Å². The number of aromatic nitrogens is 3. The molecule has 0 N–H and O–H groups in total. The zero-order valence-corrected chi connectivity index (χ0v) is 21.8. The van der Waals surface area contributed by atoms with Gasteiger partial charge in [-0.05, 0) is 66.4 Å². The normalized spacial score (nSPS) is 19.1. The Morgan fingerprint density at radius 1 is 0.946 bits per heavy atom. The van der Waals surface area contributed by atoms with Crippen molar-refractivity contribution in [2.45, 2.75) is 25.4 Å². The van der Waals surface area contributed by atoms with Crippen LogP contribution in [0.25, 0.3) is 5.69 Å². The van der Waals surface area contributed by atoms with E-state index in [9.17, 15) is 4.79 Å². The summed E-state index contributed by atoms with van der Waals surface area (Å²) in [6.45, 7) is 3.27. The van der Waals surface area contributed by atoms with Crippen LogP contribution in [0.2, 0.25) is 10.0 Å². The fraction of sp³-hybridized carbons (Fsp3) is 0.276. The second-order valence-electron chi connectivity index (χ2n) is 9.99. The Balaban J connectivity index is 1.17. The maximum Gasteiger partial charge on any atom is 0.253 e. The maximum absolute atomic E-state index is 13.3. The molecule has 188 valence electrons. The van der Waals surface area contributed by atoms with Gasteiger partial charge in [-0.15, -0.1) is 0 Å². The summed E-state index contributed by atoms with van der Waals surface area (Å²) >= 11 is 12.7. The zero-order valence-electron chi connectivity index (χ0n) is 20.3. The summed E-state index contributed by atoms with van der Waals surface area (Å²) in [6, 6.07) is 24.1. The number of carbonyl (C=O) groups excluding carboxylic acids is 1. The van der Waals surface area contributed by atoms with Gasteiger partial charge in [-0.25, -0.2) is 9.67 Å². The number of carbonyl (C=O) groups is 1. The second-order valence-corrected chi connectivity index (χ2v) is 10.8. The van der Waals surface area contributed by atoms with Gasteiger partial charge in [-0.2, -0.15) is 5.10 Å². The number of likely N-dealkylation sites (tertiary alicyclic amines) is 2. The number of hydrogen-bond donors (Lipinski definition) is 0. The maximum atomic E-state index is 13.3. The van der Waals surface area contributed by atoms with Crippen molar-refractivity contribution >= 4 is 29.1 Å². The molecule has 1 unspecified atom stereocenters. The third-order valence-corrected chi connectivity index (χ3v) is 8.44. The predicted octanol–water partition coefficient (Wildman–Crippen LogP) is 6.05. The fourth-order valence-electron chi connectivity index (χ4n) is 5.93. The van der Waals surface area contributed by atoms with Crippen LogP contribution in [-0.4, -0.2) is 50.1 Å². The van der Waals surface area contributed by atoms with Crippen LogP contribution < -0.4 is 0 Å². The number of hydrogen-bond acceptors (Lipinski definition) is 4. The summed E-state index contributed by atoms with van der Waals surface area (Å²) in [5.74, 6) is 0.0790. The quantitative estimate of drug-likeness (QED) is 0.314. The molecular weight excluding hydrogens is 505 g/mol. The molecule has 0 saturated carbocycles. The van der Waals surface area contributed by atoms with Gasteiger partial charge in [-0.3, -0.25) is 9.69 Å². The van der Waals surface area contributed by atoms with Crippen LogP contribution in [0.1, 0.15) is 40.4 Å². The van der Waals surface area contributed by atoms with E-state index in [1.54, 1.807) is 11.0 Å². The Bertz CT molecular complexity index is 1380. The lowest BCUT2D eigenvalue weighted by Gasteiger charge is -2.61. The summed E-state index contributed by atoms with van der Waals surface area (Å²) in [6.07, 6.45) is 5.06. The lowest BCUT2D eigenvalue weighted by molar-refractivity contribution is -0.113. The molecule has 4 aromatic rings. The largest absolute Gasteiger partial charge is 0.339 e. The molecule has 0 aliphatic carbocycles. The molecular formula is C29H27Cl2N5O. The standard InChI is InChI=1S/C29H27Cl2N5O/c30-24-9-5-21(6-10-24)27-29(18-35(27)17-23-3-1-2-4-26(23)31)13-15-34(16-14-29)28(37)22-7-11-25(12-8-22)36-20-32-19-33-36/h1-12,19-20,27H,13-18H2. The first-order valence-electron chi connectivity index (χ1n) is 12.5. The first kappa shape index (κ1) is 24.2. The van der Waals surface area contributed by atoms with Crippen LogP contribution in [0.4, 0.5) is 0 Å². The molecule has 8 heteroatoms. The highest BCUT2D eigenvalue weighted by atomic mass is 35.5. The number of rotatable bonds is 5. The molecule has 6 rings (SSSR count). The highest BCUT2D eigenvalue weighted by molar-refractivity contribution is 6.31. The molecule has 2 aliphatic rings. The number of piperidine rings is 1. The molecule has 0 bridgehead atoms. The lowest BCUT2D eigenvalue weighted by Crippen LogP contribution is -2.62. The zero-order chi connectivity index (χ0) is 25.4. The highest BCUT2D eigenvalue weighted by Gasteiger charge is 2.54. The summed E-state index contributed by atoms with van der Waals surface area (Å²) in [4.78, 5) is 21.8. The van der Waals surface area contributed by atoms with Crippen LogP contribution in [0.3, 0.4) is 0 Å². The van der Waals surface area contributed by atoms with Gasteiger partial charge in [0, 0.05) is 53.2 Å². The van der Waals surface area contributed by atoms with Crippen LogP contribution in [0.15, 0.2) is 85.5 Å². The number of benzene rings is 3. The van der Waals surface area contributed by atoms with Gasteiger partial charge in [0.05, 0.1) is 5.69 Å². The van der Waals surface area contributed by atoms with Crippen molar-refractivity contribution in [3.8, 4) is 5.69 Å². The molecule has 3 heterocycles. The third kappa shape index (κ3) is 4.65. The van der Waals surface area contributed by atoms with E-state index >= 15 is 0 Å². The van der Waals surface area contributed by atoms with Gasteiger partial charge in [0.2, 0.25) is 0 Å². The van der Waals surface area contributed by atoms with Crippen LogP contribution >= 0.6 is 23.2 Å². The predicted molar refractivity (Wildman–Crippen MR) is 145 cm³/mol. The van der Waals surface area contributed by atoms with E-state index in [-0.39, 0.29) is 17.4 Å². The minimum absolute atomic E-state index is 0.0790. The van der Waals surface area contributed by atoms with Gasteiger partial charge < -0.3 is 4.90 Å². The van der Waals surface area contributed by atoms with Crippen LogP contribution in [0, 0.1) is 5.41 Å². The summed E-state index contributed by atoms with van der Waals surface area (Å²) in [5.41, 5.74) is 4.11. The number of nitrogens with zero attached hydrogens (tertiary/aromatic N) is 5. The smallest absolute Gasteiger partial charge is 0.253 e. The van der Waals surface area contributed by atoms with E-state index in [1.807, 2.05) is 59.5 Å². The van der Waals surface area contributed by atoms with E-state index in [0.29, 0.717) is 5.56 Å². The van der Waals surface area contributed by atoms with E-state index < -0.39 is 0 Å². The molecule has 0 radical (unpaired) electrons. The summed E-state index contributed by atoms with van der Waals surface area (Å²) in [7, 11) is 0. The van der Waals surface area contributed by atoms with Crippen molar-refractivity contribution in [1.82, 2.24) is 24.6 Å². The topological polar surface area (TPSA) is 54.3 Å². The Kier molecular flexibility index (Phi) is 6.49. The van der Waals surface area contributed by atoms with E-state index in [0.717, 1.165) is 60.3 Å². The Labute approximate surface area is 226 Å². The second kappa shape index (κ2) is 9.93. The van der Waals surface area contributed by atoms with Crippen molar-refractivity contribution in [1.29, 1.82) is 0 Å². The van der Waals surface area contributed by atoms with E-state index in [2.05, 4.69) is 33.2 Å². The van der Waals surface area contributed by atoms with Crippen LogP contribution in [-0.2, 0) is 6.54 Å². The first-order chi connectivity index (χ1) is 18.0. The highest BCUT2D eigenvalue weighted by Crippen LogP contribution is 2.55. The van der Waals surface area contributed by atoms with Gasteiger partial charge in [0.15, 0.2) is 0 Å². The number of halogens is 2. The average molecular weight is 532 g/mol.